The smallest absolute Gasteiger partial charge is 0.257 e. The van der Waals surface area contributed by atoms with Crippen LogP contribution in [0.1, 0.15) is 10.4 Å². The van der Waals surface area contributed by atoms with E-state index in [2.05, 4.69) is 25.6 Å². The summed E-state index contributed by atoms with van der Waals surface area (Å²) < 4.78 is 10.9. The highest BCUT2D eigenvalue weighted by atomic mass is 16.5. The summed E-state index contributed by atoms with van der Waals surface area (Å²) in [4.78, 5) is 25.7. The summed E-state index contributed by atoms with van der Waals surface area (Å²) in [5.74, 6) is 1.40. The molecule has 0 fully saturated rings. The van der Waals surface area contributed by atoms with Gasteiger partial charge in [0.05, 0.1) is 31.0 Å². The van der Waals surface area contributed by atoms with E-state index in [-0.39, 0.29) is 5.91 Å². The van der Waals surface area contributed by atoms with E-state index in [0.717, 1.165) is 10.9 Å². The van der Waals surface area contributed by atoms with E-state index in [0.29, 0.717) is 39.9 Å². The molecule has 8 heteroatoms. The van der Waals surface area contributed by atoms with Crippen LogP contribution in [-0.2, 0) is 0 Å². The number of hydrogen-bond donors (Lipinski definition) is 2. The number of fused-ring (bicyclic) bond motifs is 1. The lowest BCUT2D eigenvalue weighted by molar-refractivity contribution is 0.102. The Bertz CT molecular complexity index is 1240. The van der Waals surface area contributed by atoms with Crippen LogP contribution in [0.5, 0.6) is 11.5 Å². The molecule has 4 rings (SSSR count). The summed E-state index contributed by atoms with van der Waals surface area (Å²) in [5, 5.41) is 6.69. The van der Waals surface area contributed by atoms with Crippen molar-refractivity contribution in [3.05, 3.63) is 66.5 Å². The van der Waals surface area contributed by atoms with E-state index in [1.807, 2.05) is 36.4 Å². The molecule has 2 heterocycles. The number of ether oxygens (including phenoxy) is 2. The van der Waals surface area contributed by atoms with E-state index < -0.39 is 0 Å². The molecule has 0 saturated heterocycles. The Labute approximate surface area is 179 Å². The Balaban J connectivity index is 1.79. The predicted molar refractivity (Wildman–Crippen MR) is 120 cm³/mol. The van der Waals surface area contributed by atoms with E-state index in [9.17, 15) is 4.79 Å². The molecule has 4 aromatic rings. The number of hydrogen-bond acceptors (Lipinski definition) is 7. The number of amides is 1. The van der Waals surface area contributed by atoms with E-state index in [1.165, 1.54) is 6.20 Å². The highest BCUT2D eigenvalue weighted by molar-refractivity contribution is 6.04. The molecule has 0 unspecified atom stereocenters. The number of nitrogens with zero attached hydrogens (tertiary/aromatic N) is 3. The number of nitrogens with one attached hydrogen (secondary N) is 2. The molecule has 0 bridgehead atoms. The summed E-state index contributed by atoms with van der Waals surface area (Å²) >= 11 is 0. The molecule has 0 aliphatic heterocycles. The molecule has 0 aliphatic rings. The molecule has 0 radical (unpaired) electrons. The van der Waals surface area contributed by atoms with Crippen molar-refractivity contribution in [1.82, 2.24) is 15.0 Å². The second-order valence-electron chi connectivity index (χ2n) is 6.65. The van der Waals surface area contributed by atoms with Gasteiger partial charge in [-0.15, -0.1) is 0 Å². The number of rotatable bonds is 6. The fraction of sp³-hybridized carbons (Fsp3) is 0.130. The van der Waals surface area contributed by atoms with Crippen molar-refractivity contribution < 1.29 is 14.3 Å². The van der Waals surface area contributed by atoms with Crippen LogP contribution in [0.25, 0.3) is 22.2 Å². The van der Waals surface area contributed by atoms with Crippen LogP contribution in [0.3, 0.4) is 0 Å². The van der Waals surface area contributed by atoms with Gasteiger partial charge in [0.2, 0.25) is 5.95 Å². The number of benzene rings is 2. The predicted octanol–water partition coefficient (Wildman–Crippen LogP) is 4.00. The topological polar surface area (TPSA) is 98.3 Å². The molecule has 0 aliphatic carbocycles. The highest BCUT2D eigenvalue weighted by Gasteiger charge is 2.15. The lowest BCUT2D eigenvalue weighted by Crippen LogP contribution is -2.12. The first-order valence-corrected chi connectivity index (χ1v) is 9.56. The molecule has 31 heavy (non-hydrogen) atoms. The standard InChI is InChI=1S/C23H21N5O3/c1-24-23-27-18-12-20(31-3)19(30-2)11-17(18)21(28-23)14-6-4-8-16(10-14)26-22(29)15-7-5-9-25-13-15/h4-13H,1-3H3,(H,26,29)(H,24,27,28). The van der Waals surface area contributed by atoms with Crippen molar-refractivity contribution in [2.24, 2.45) is 0 Å². The Kier molecular flexibility index (Phi) is 5.61. The van der Waals surface area contributed by atoms with Gasteiger partial charge in [-0.3, -0.25) is 9.78 Å². The molecule has 2 aromatic heterocycles. The van der Waals surface area contributed by atoms with Crippen molar-refractivity contribution in [3.8, 4) is 22.8 Å². The van der Waals surface area contributed by atoms with Gasteiger partial charge in [0, 0.05) is 42.1 Å². The van der Waals surface area contributed by atoms with E-state index in [4.69, 9.17) is 9.47 Å². The molecule has 156 valence electrons. The normalized spacial score (nSPS) is 10.5. The van der Waals surface area contributed by atoms with Crippen LogP contribution in [0.4, 0.5) is 11.6 Å². The Hall–Kier alpha value is -4.20. The number of aromatic nitrogens is 3. The monoisotopic (exact) mass is 415 g/mol. The summed E-state index contributed by atoms with van der Waals surface area (Å²) in [5.41, 5.74) is 3.35. The maximum atomic E-state index is 12.5. The van der Waals surface area contributed by atoms with Crippen LogP contribution in [0, 0.1) is 0 Å². The van der Waals surface area contributed by atoms with Crippen molar-refractivity contribution in [2.45, 2.75) is 0 Å². The summed E-state index contributed by atoms with van der Waals surface area (Å²) in [7, 11) is 4.93. The fourth-order valence-corrected chi connectivity index (χ4v) is 3.23. The Morgan fingerprint density at radius 2 is 1.77 bits per heavy atom. The van der Waals surface area contributed by atoms with Gasteiger partial charge in [0.25, 0.3) is 5.91 Å². The second kappa shape index (κ2) is 8.66. The van der Waals surface area contributed by atoms with E-state index in [1.54, 1.807) is 39.6 Å². The molecule has 2 N–H and O–H groups in total. The quantitative estimate of drug-likeness (QED) is 0.491. The average molecular weight is 415 g/mol. The number of carbonyl (C=O) groups is 1. The largest absolute Gasteiger partial charge is 0.493 e. The minimum atomic E-state index is -0.236. The van der Waals surface area contributed by atoms with Crippen LogP contribution in [-0.4, -0.2) is 42.1 Å². The first-order chi connectivity index (χ1) is 15.1. The van der Waals surface area contributed by atoms with Crippen molar-refractivity contribution in [2.75, 3.05) is 31.9 Å². The minimum absolute atomic E-state index is 0.236. The van der Waals surface area contributed by atoms with Crippen molar-refractivity contribution in [1.29, 1.82) is 0 Å². The van der Waals surface area contributed by atoms with Crippen LogP contribution in [0.15, 0.2) is 60.9 Å². The minimum Gasteiger partial charge on any atom is -0.493 e. The third kappa shape index (κ3) is 4.09. The number of methoxy groups -OCH3 is 2. The summed E-state index contributed by atoms with van der Waals surface area (Å²) in [6.07, 6.45) is 3.15. The molecule has 0 atom stereocenters. The number of carbonyl (C=O) groups excluding carboxylic acids is 1. The Morgan fingerprint density at radius 1 is 0.968 bits per heavy atom. The average Bonchev–Trinajstić information content (AvgIpc) is 2.83. The van der Waals surface area contributed by atoms with Gasteiger partial charge in [0.15, 0.2) is 11.5 Å². The lowest BCUT2D eigenvalue weighted by atomic mass is 10.0. The highest BCUT2D eigenvalue weighted by Crippen LogP contribution is 2.36. The number of pyridine rings is 1. The molecule has 8 nitrogen and oxygen atoms in total. The van der Waals surface area contributed by atoms with Gasteiger partial charge >= 0.3 is 0 Å². The number of anilines is 2. The molecule has 1 amide bonds. The second-order valence-corrected chi connectivity index (χ2v) is 6.65. The zero-order valence-corrected chi connectivity index (χ0v) is 17.3. The maximum absolute atomic E-state index is 12.5. The summed E-state index contributed by atoms with van der Waals surface area (Å²) in [6.45, 7) is 0. The van der Waals surface area contributed by atoms with Gasteiger partial charge in [-0.1, -0.05) is 12.1 Å². The molecule has 2 aromatic carbocycles. The molecular weight excluding hydrogens is 394 g/mol. The zero-order valence-electron chi connectivity index (χ0n) is 17.3. The van der Waals surface area contributed by atoms with Crippen LogP contribution in [0.2, 0.25) is 0 Å². The molecular formula is C23H21N5O3. The van der Waals surface area contributed by atoms with Gasteiger partial charge < -0.3 is 20.1 Å². The van der Waals surface area contributed by atoms with E-state index >= 15 is 0 Å². The van der Waals surface area contributed by atoms with Gasteiger partial charge in [0.1, 0.15) is 0 Å². The maximum Gasteiger partial charge on any atom is 0.257 e. The zero-order chi connectivity index (χ0) is 21.8. The SMILES string of the molecule is CNc1nc(-c2cccc(NC(=O)c3cccnc3)c2)c2cc(OC)c(OC)cc2n1. The van der Waals surface area contributed by atoms with Crippen molar-refractivity contribution in [3.63, 3.8) is 0 Å². The van der Waals surface area contributed by atoms with Gasteiger partial charge in [-0.05, 0) is 30.3 Å². The lowest BCUT2D eigenvalue weighted by Gasteiger charge is -2.13. The van der Waals surface area contributed by atoms with Gasteiger partial charge in [-0.2, -0.15) is 0 Å². The van der Waals surface area contributed by atoms with Crippen LogP contribution >= 0.6 is 0 Å². The third-order valence-electron chi connectivity index (χ3n) is 4.74. The van der Waals surface area contributed by atoms with Gasteiger partial charge in [-0.25, -0.2) is 9.97 Å². The Morgan fingerprint density at radius 3 is 2.48 bits per heavy atom. The van der Waals surface area contributed by atoms with Crippen molar-refractivity contribution >= 4 is 28.4 Å². The molecule has 0 spiro atoms. The van der Waals surface area contributed by atoms with Crippen LogP contribution < -0.4 is 20.1 Å². The first-order valence-electron chi connectivity index (χ1n) is 9.56. The fourth-order valence-electron chi connectivity index (χ4n) is 3.23. The first kappa shape index (κ1) is 20.1. The summed E-state index contributed by atoms with van der Waals surface area (Å²) in [6, 6.07) is 14.6. The third-order valence-corrected chi connectivity index (χ3v) is 4.74. The molecule has 0 saturated carbocycles.